The van der Waals surface area contributed by atoms with Crippen LogP contribution in [0, 0.1) is 12.7 Å². The number of halogens is 1. The van der Waals surface area contributed by atoms with Gasteiger partial charge in [-0.25, -0.2) is 4.39 Å². The molecule has 1 unspecified atom stereocenters. The third-order valence-corrected chi connectivity index (χ3v) is 2.83. The molecule has 106 valence electrons. The number of nitrogens with one attached hydrogen (secondary N) is 1. The van der Waals surface area contributed by atoms with E-state index in [9.17, 15) is 9.18 Å². The van der Waals surface area contributed by atoms with Crippen molar-refractivity contribution in [2.45, 2.75) is 26.5 Å². The average Bonchev–Trinajstić information content (AvgIpc) is 2.93. The maximum atomic E-state index is 13.1. The highest BCUT2D eigenvalue weighted by Crippen LogP contribution is 2.17. The Hall–Kier alpha value is -2.30. The van der Waals surface area contributed by atoms with Gasteiger partial charge in [0, 0.05) is 0 Å². The normalized spacial score (nSPS) is 11.9. The van der Waals surface area contributed by atoms with Crippen molar-refractivity contribution in [3.8, 4) is 5.75 Å². The Bertz CT molecular complexity index is 581. The first kappa shape index (κ1) is 14.1. The van der Waals surface area contributed by atoms with Gasteiger partial charge in [-0.3, -0.25) is 4.79 Å². The molecule has 0 radical (unpaired) electrons. The predicted octanol–water partition coefficient (Wildman–Crippen LogP) is 2.81. The van der Waals surface area contributed by atoms with E-state index in [1.165, 1.54) is 12.1 Å². The molecule has 1 aromatic carbocycles. The van der Waals surface area contributed by atoms with E-state index in [-0.39, 0.29) is 11.7 Å². The number of aryl methyl sites for hydroxylation is 1. The highest BCUT2D eigenvalue weighted by Gasteiger charge is 2.15. The summed E-state index contributed by atoms with van der Waals surface area (Å²) < 4.78 is 23.7. The van der Waals surface area contributed by atoms with Gasteiger partial charge in [-0.1, -0.05) is 0 Å². The van der Waals surface area contributed by atoms with E-state index < -0.39 is 6.10 Å². The number of rotatable bonds is 5. The summed E-state index contributed by atoms with van der Waals surface area (Å²) in [6.07, 6.45) is 0.873. The molecular weight excluding hydrogens is 261 g/mol. The lowest BCUT2D eigenvalue weighted by Gasteiger charge is -2.14. The predicted molar refractivity (Wildman–Crippen MR) is 71.8 cm³/mol. The number of carbonyl (C=O) groups is 1. The molecule has 5 heteroatoms. The molecule has 0 bridgehead atoms. The van der Waals surface area contributed by atoms with E-state index in [1.54, 1.807) is 38.3 Å². The topological polar surface area (TPSA) is 51.5 Å². The van der Waals surface area contributed by atoms with E-state index in [2.05, 4.69) is 5.32 Å². The number of ether oxygens (including phenoxy) is 1. The van der Waals surface area contributed by atoms with Gasteiger partial charge in [0.05, 0.1) is 12.8 Å². The summed E-state index contributed by atoms with van der Waals surface area (Å²) >= 11 is 0. The Morgan fingerprint density at radius 1 is 1.45 bits per heavy atom. The number of benzene rings is 1. The second-order valence-corrected chi connectivity index (χ2v) is 4.47. The van der Waals surface area contributed by atoms with Crippen LogP contribution in [0.5, 0.6) is 5.75 Å². The fraction of sp³-hybridized carbons (Fsp3) is 0.267. The van der Waals surface area contributed by atoms with Crippen molar-refractivity contribution in [2.75, 3.05) is 0 Å². The molecule has 20 heavy (non-hydrogen) atoms. The highest BCUT2D eigenvalue weighted by molar-refractivity contribution is 5.80. The Morgan fingerprint density at radius 2 is 2.25 bits per heavy atom. The number of carbonyl (C=O) groups excluding carboxylic acids is 1. The van der Waals surface area contributed by atoms with Crippen molar-refractivity contribution in [3.05, 3.63) is 53.7 Å². The monoisotopic (exact) mass is 277 g/mol. The highest BCUT2D eigenvalue weighted by atomic mass is 19.1. The van der Waals surface area contributed by atoms with Gasteiger partial charge in [-0.05, 0) is 49.7 Å². The van der Waals surface area contributed by atoms with Crippen molar-refractivity contribution in [2.24, 2.45) is 0 Å². The molecule has 1 atom stereocenters. The van der Waals surface area contributed by atoms with E-state index in [0.717, 1.165) is 0 Å². The lowest BCUT2D eigenvalue weighted by Crippen LogP contribution is -2.35. The Labute approximate surface area is 116 Å². The van der Waals surface area contributed by atoms with E-state index in [1.807, 2.05) is 0 Å². The number of hydrogen-bond acceptors (Lipinski definition) is 3. The fourth-order valence-corrected chi connectivity index (χ4v) is 1.68. The first-order chi connectivity index (χ1) is 9.56. The first-order valence-corrected chi connectivity index (χ1v) is 6.29. The zero-order valence-electron chi connectivity index (χ0n) is 11.4. The number of furan rings is 1. The van der Waals surface area contributed by atoms with Gasteiger partial charge in [0.15, 0.2) is 6.10 Å². The first-order valence-electron chi connectivity index (χ1n) is 6.29. The Balaban J connectivity index is 1.88. The van der Waals surface area contributed by atoms with Crippen molar-refractivity contribution < 1.29 is 18.3 Å². The van der Waals surface area contributed by atoms with Crippen molar-refractivity contribution in [1.82, 2.24) is 5.32 Å². The van der Waals surface area contributed by atoms with E-state index >= 15 is 0 Å². The lowest BCUT2D eigenvalue weighted by atomic mass is 10.2. The van der Waals surface area contributed by atoms with Gasteiger partial charge in [0.1, 0.15) is 17.3 Å². The summed E-state index contributed by atoms with van der Waals surface area (Å²) in [5, 5.41) is 2.70. The van der Waals surface area contributed by atoms with Crippen LogP contribution in [0.3, 0.4) is 0 Å². The molecule has 4 nitrogen and oxygen atoms in total. The van der Waals surface area contributed by atoms with Gasteiger partial charge in [0.2, 0.25) is 0 Å². The maximum absolute atomic E-state index is 13.1. The van der Waals surface area contributed by atoms with Crippen LogP contribution >= 0.6 is 0 Å². The van der Waals surface area contributed by atoms with Crippen molar-refractivity contribution >= 4 is 5.91 Å². The smallest absolute Gasteiger partial charge is 0.261 e. The standard InChI is InChI=1S/C15H16FNO3/c1-10-8-12(5-6-14(10)16)20-11(2)15(18)17-9-13-4-3-7-19-13/h3-8,11H,9H2,1-2H3,(H,17,18). The van der Waals surface area contributed by atoms with Gasteiger partial charge in [-0.2, -0.15) is 0 Å². The molecular formula is C15H16FNO3. The molecule has 0 aliphatic carbocycles. The molecule has 0 saturated carbocycles. The Morgan fingerprint density at radius 3 is 2.90 bits per heavy atom. The molecule has 2 aromatic rings. The molecule has 0 saturated heterocycles. The largest absolute Gasteiger partial charge is 0.481 e. The van der Waals surface area contributed by atoms with Crippen LogP contribution in [-0.2, 0) is 11.3 Å². The van der Waals surface area contributed by atoms with E-state index in [0.29, 0.717) is 23.6 Å². The quantitative estimate of drug-likeness (QED) is 0.914. The zero-order valence-corrected chi connectivity index (χ0v) is 11.4. The third kappa shape index (κ3) is 3.60. The molecule has 0 fully saturated rings. The van der Waals surface area contributed by atoms with Crippen LogP contribution in [0.4, 0.5) is 4.39 Å². The molecule has 1 amide bonds. The molecule has 1 aromatic heterocycles. The van der Waals surface area contributed by atoms with Crippen molar-refractivity contribution in [1.29, 1.82) is 0 Å². The molecule has 2 rings (SSSR count). The van der Waals surface area contributed by atoms with Crippen LogP contribution < -0.4 is 10.1 Å². The van der Waals surface area contributed by atoms with Crippen LogP contribution in [0.25, 0.3) is 0 Å². The van der Waals surface area contributed by atoms with Crippen LogP contribution in [-0.4, -0.2) is 12.0 Å². The van der Waals surface area contributed by atoms with Crippen LogP contribution in [0.1, 0.15) is 18.2 Å². The average molecular weight is 277 g/mol. The minimum absolute atomic E-state index is 0.261. The van der Waals surface area contributed by atoms with E-state index in [4.69, 9.17) is 9.15 Å². The summed E-state index contributed by atoms with van der Waals surface area (Å²) in [6, 6.07) is 7.90. The summed E-state index contributed by atoms with van der Waals surface area (Å²) in [4.78, 5) is 11.8. The summed E-state index contributed by atoms with van der Waals surface area (Å²) in [6.45, 7) is 3.59. The van der Waals surface area contributed by atoms with Crippen LogP contribution in [0.15, 0.2) is 41.0 Å². The summed E-state index contributed by atoms with van der Waals surface area (Å²) in [5.74, 6) is 0.573. The fourth-order valence-electron chi connectivity index (χ4n) is 1.68. The van der Waals surface area contributed by atoms with Crippen molar-refractivity contribution in [3.63, 3.8) is 0 Å². The molecule has 1 heterocycles. The van der Waals surface area contributed by atoms with Gasteiger partial charge in [0.25, 0.3) is 5.91 Å². The summed E-state index contributed by atoms with van der Waals surface area (Å²) in [7, 11) is 0. The molecule has 0 spiro atoms. The minimum Gasteiger partial charge on any atom is -0.481 e. The third-order valence-electron chi connectivity index (χ3n) is 2.83. The second-order valence-electron chi connectivity index (χ2n) is 4.47. The minimum atomic E-state index is -0.671. The number of hydrogen-bond donors (Lipinski definition) is 1. The van der Waals surface area contributed by atoms with Gasteiger partial charge >= 0.3 is 0 Å². The molecule has 0 aliphatic rings. The zero-order chi connectivity index (χ0) is 14.5. The second kappa shape index (κ2) is 6.23. The number of amides is 1. The lowest BCUT2D eigenvalue weighted by molar-refractivity contribution is -0.127. The van der Waals surface area contributed by atoms with Gasteiger partial charge in [-0.15, -0.1) is 0 Å². The SMILES string of the molecule is Cc1cc(OC(C)C(=O)NCc2ccco2)ccc1F. The maximum Gasteiger partial charge on any atom is 0.261 e. The van der Waals surface area contributed by atoms with Crippen LogP contribution in [0.2, 0.25) is 0 Å². The van der Waals surface area contributed by atoms with Gasteiger partial charge < -0.3 is 14.5 Å². The Kier molecular flexibility index (Phi) is 4.40. The summed E-state index contributed by atoms with van der Waals surface area (Å²) in [5.41, 5.74) is 0.477. The molecule has 1 N–H and O–H groups in total. The molecule has 0 aliphatic heterocycles.